The van der Waals surface area contributed by atoms with Crippen molar-refractivity contribution in [1.29, 1.82) is 0 Å². The van der Waals surface area contributed by atoms with Gasteiger partial charge in [0, 0.05) is 31.1 Å². The SMILES string of the molecule is COc1ccc(C(=O)OCCN2CCSCC2)cc1. The third kappa shape index (κ3) is 4.44. The Morgan fingerprint density at radius 1 is 1.26 bits per heavy atom. The van der Waals surface area contributed by atoms with Crippen molar-refractivity contribution < 1.29 is 14.3 Å². The fraction of sp³-hybridized carbons (Fsp3) is 0.500. The summed E-state index contributed by atoms with van der Waals surface area (Å²) < 4.78 is 10.3. The van der Waals surface area contributed by atoms with Gasteiger partial charge in [0.1, 0.15) is 12.4 Å². The highest BCUT2D eigenvalue weighted by atomic mass is 32.2. The number of hydrogen-bond donors (Lipinski definition) is 0. The number of benzene rings is 1. The predicted octanol–water partition coefficient (Wildman–Crippen LogP) is 1.90. The van der Waals surface area contributed by atoms with Gasteiger partial charge in [-0.1, -0.05) is 0 Å². The lowest BCUT2D eigenvalue weighted by atomic mass is 10.2. The van der Waals surface area contributed by atoms with Crippen LogP contribution in [0.2, 0.25) is 0 Å². The minimum absolute atomic E-state index is 0.269. The van der Waals surface area contributed by atoms with Crippen molar-refractivity contribution >= 4 is 17.7 Å². The van der Waals surface area contributed by atoms with Crippen LogP contribution in [0.15, 0.2) is 24.3 Å². The summed E-state index contributed by atoms with van der Waals surface area (Å²) in [6.45, 7) is 3.45. The number of carbonyl (C=O) groups is 1. The summed E-state index contributed by atoms with van der Waals surface area (Å²) in [7, 11) is 1.60. The van der Waals surface area contributed by atoms with E-state index < -0.39 is 0 Å². The molecule has 19 heavy (non-hydrogen) atoms. The molecule has 0 spiro atoms. The van der Waals surface area contributed by atoms with Crippen molar-refractivity contribution in [3.63, 3.8) is 0 Å². The lowest BCUT2D eigenvalue weighted by Crippen LogP contribution is -2.35. The lowest BCUT2D eigenvalue weighted by molar-refractivity contribution is 0.0466. The van der Waals surface area contributed by atoms with Crippen LogP contribution in [0.1, 0.15) is 10.4 Å². The van der Waals surface area contributed by atoms with E-state index in [9.17, 15) is 4.79 Å². The van der Waals surface area contributed by atoms with Gasteiger partial charge in [-0.05, 0) is 24.3 Å². The highest BCUT2D eigenvalue weighted by Crippen LogP contribution is 2.12. The smallest absolute Gasteiger partial charge is 0.338 e. The molecule has 0 amide bonds. The summed E-state index contributed by atoms with van der Waals surface area (Å²) in [4.78, 5) is 14.1. The molecule has 0 bridgehead atoms. The van der Waals surface area contributed by atoms with Gasteiger partial charge in [-0.2, -0.15) is 11.8 Å². The van der Waals surface area contributed by atoms with Gasteiger partial charge < -0.3 is 9.47 Å². The molecule has 104 valence electrons. The molecule has 0 aromatic heterocycles. The van der Waals surface area contributed by atoms with E-state index in [1.807, 2.05) is 11.8 Å². The zero-order valence-electron chi connectivity index (χ0n) is 11.1. The Morgan fingerprint density at radius 2 is 1.95 bits per heavy atom. The average molecular weight is 281 g/mol. The van der Waals surface area contributed by atoms with Crippen LogP contribution in [0.25, 0.3) is 0 Å². The van der Waals surface area contributed by atoms with Crippen LogP contribution in [0.5, 0.6) is 5.75 Å². The molecular formula is C14H19NO3S. The quantitative estimate of drug-likeness (QED) is 0.771. The maximum Gasteiger partial charge on any atom is 0.338 e. The molecule has 0 radical (unpaired) electrons. The molecule has 0 N–H and O–H groups in total. The van der Waals surface area contributed by atoms with Gasteiger partial charge in [-0.15, -0.1) is 0 Å². The van der Waals surface area contributed by atoms with E-state index in [4.69, 9.17) is 9.47 Å². The monoisotopic (exact) mass is 281 g/mol. The largest absolute Gasteiger partial charge is 0.497 e. The molecule has 1 aromatic rings. The molecule has 5 heteroatoms. The number of thioether (sulfide) groups is 1. The highest BCUT2D eigenvalue weighted by molar-refractivity contribution is 7.99. The Morgan fingerprint density at radius 3 is 2.58 bits per heavy atom. The normalized spacial score (nSPS) is 16.1. The van der Waals surface area contributed by atoms with Gasteiger partial charge >= 0.3 is 5.97 Å². The van der Waals surface area contributed by atoms with Crippen LogP contribution in [0, 0.1) is 0 Å². The van der Waals surface area contributed by atoms with Gasteiger partial charge in [0.25, 0.3) is 0 Å². The molecule has 0 atom stereocenters. The Balaban J connectivity index is 1.73. The number of ether oxygens (including phenoxy) is 2. The first-order valence-electron chi connectivity index (χ1n) is 6.41. The molecule has 1 heterocycles. The van der Waals surface area contributed by atoms with Gasteiger partial charge in [0.05, 0.1) is 12.7 Å². The van der Waals surface area contributed by atoms with Crippen molar-refractivity contribution in [2.24, 2.45) is 0 Å². The molecule has 2 rings (SSSR count). The lowest BCUT2D eigenvalue weighted by Gasteiger charge is -2.25. The van der Waals surface area contributed by atoms with Crippen LogP contribution < -0.4 is 4.74 Å². The van der Waals surface area contributed by atoms with Crippen molar-refractivity contribution in [2.75, 3.05) is 44.9 Å². The van der Waals surface area contributed by atoms with Crippen LogP contribution >= 0.6 is 11.8 Å². The summed E-state index contributed by atoms with van der Waals surface area (Å²) in [6.07, 6.45) is 0. The van der Waals surface area contributed by atoms with Gasteiger partial charge in [0.15, 0.2) is 0 Å². The molecule has 1 aliphatic rings. The van der Waals surface area contributed by atoms with Crippen LogP contribution in [-0.4, -0.2) is 55.7 Å². The standard InChI is InChI=1S/C14H19NO3S/c1-17-13-4-2-12(3-5-13)14(16)18-9-6-15-7-10-19-11-8-15/h2-5H,6-11H2,1H3. The van der Waals surface area contributed by atoms with E-state index in [-0.39, 0.29) is 5.97 Å². The van der Waals surface area contributed by atoms with E-state index in [2.05, 4.69) is 4.90 Å². The molecule has 1 aromatic carbocycles. The zero-order valence-corrected chi connectivity index (χ0v) is 11.9. The summed E-state index contributed by atoms with van der Waals surface area (Å²) >= 11 is 1.98. The summed E-state index contributed by atoms with van der Waals surface area (Å²) in [5.41, 5.74) is 0.565. The number of rotatable bonds is 5. The Kier molecular flexibility index (Phi) is 5.54. The van der Waals surface area contributed by atoms with E-state index >= 15 is 0 Å². The maximum absolute atomic E-state index is 11.8. The number of hydrogen-bond acceptors (Lipinski definition) is 5. The third-order valence-electron chi connectivity index (χ3n) is 3.07. The zero-order chi connectivity index (χ0) is 13.5. The van der Waals surface area contributed by atoms with E-state index in [0.29, 0.717) is 12.2 Å². The van der Waals surface area contributed by atoms with Crippen molar-refractivity contribution in [1.82, 2.24) is 4.90 Å². The van der Waals surface area contributed by atoms with Crippen molar-refractivity contribution in [2.45, 2.75) is 0 Å². The average Bonchev–Trinajstić information content (AvgIpc) is 2.48. The molecule has 0 unspecified atom stereocenters. The molecule has 0 aliphatic carbocycles. The van der Waals surface area contributed by atoms with Gasteiger partial charge in [0.2, 0.25) is 0 Å². The summed E-state index contributed by atoms with van der Waals surface area (Å²) in [5, 5.41) is 0. The summed E-state index contributed by atoms with van der Waals surface area (Å²) in [6, 6.07) is 6.97. The van der Waals surface area contributed by atoms with Crippen molar-refractivity contribution in [3.05, 3.63) is 29.8 Å². The first-order chi connectivity index (χ1) is 9.29. The van der Waals surface area contributed by atoms with Gasteiger partial charge in [-0.25, -0.2) is 4.79 Å². The predicted molar refractivity (Wildman–Crippen MR) is 77.0 cm³/mol. The Hall–Kier alpha value is -1.20. The minimum atomic E-state index is -0.269. The first-order valence-corrected chi connectivity index (χ1v) is 7.56. The fourth-order valence-electron chi connectivity index (χ4n) is 1.90. The van der Waals surface area contributed by atoms with Crippen LogP contribution in [0.3, 0.4) is 0 Å². The Labute approximate surface area is 118 Å². The second-order valence-electron chi connectivity index (χ2n) is 4.32. The minimum Gasteiger partial charge on any atom is -0.497 e. The van der Waals surface area contributed by atoms with E-state index in [1.54, 1.807) is 31.4 Å². The highest BCUT2D eigenvalue weighted by Gasteiger charge is 2.11. The molecule has 4 nitrogen and oxygen atoms in total. The molecule has 1 fully saturated rings. The Bertz CT molecular complexity index is 402. The van der Waals surface area contributed by atoms with Gasteiger partial charge in [-0.3, -0.25) is 4.90 Å². The van der Waals surface area contributed by atoms with E-state index in [0.717, 1.165) is 25.4 Å². The number of esters is 1. The molecule has 0 saturated carbocycles. The summed E-state index contributed by atoms with van der Waals surface area (Å²) in [5.74, 6) is 2.81. The fourth-order valence-corrected chi connectivity index (χ4v) is 2.88. The number of methoxy groups -OCH3 is 1. The van der Waals surface area contributed by atoms with E-state index in [1.165, 1.54) is 11.5 Å². The number of nitrogens with zero attached hydrogens (tertiary/aromatic N) is 1. The van der Waals surface area contributed by atoms with Crippen LogP contribution in [-0.2, 0) is 4.74 Å². The molecule has 1 aliphatic heterocycles. The second kappa shape index (κ2) is 7.40. The molecule has 1 saturated heterocycles. The van der Waals surface area contributed by atoms with Crippen molar-refractivity contribution in [3.8, 4) is 5.75 Å². The first kappa shape index (κ1) is 14.2. The van der Waals surface area contributed by atoms with Crippen LogP contribution in [0.4, 0.5) is 0 Å². The number of carbonyl (C=O) groups excluding carboxylic acids is 1. The topological polar surface area (TPSA) is 38.8 Å². The molecular weight excluding hydrogens is 262 g/mol. The second-order valence-corrected chi connectivity index (χ2v) is 5.54. The third-order valence-corrected chi connectivity index (χ3v) is 4.01. The maximum atomic E-state index is 11.8.